The van der Waals surface area contributed by atoms with Crippen molar-refractivity contribution in [3.63, 3.8) is 0 Å². The van der Waals surface area contributed by atoms with Crippen LogP contribution in [-0.4, -0.2) is 35.3 Å². The number of carbonyl (C=O) groups excluding carboxylic acids is 1. The summed E-state index contributed by atoms with van der Waals surface area (Å²) in [7, 11) is -3.43. The SMILES string of the molecule is CCCS(=O)(=O)C(C)C(=O)Nc1cccc(-c2nccc(C)n2)c1. The van der Waals surface area contributed by atoms with Gasteiger partial charge >= 0.3 is 0 Å². The molecular formula is C17H21N3O3S. The van der Waals surface area contributed by atoms with Gasteiger partial charge in [0.15, 0.2) is 15.7 Å². The van der Waals surface area contributed by atoms with Crippen LogP contribution in [-0.2, 0) is 14.6 Å². The van der Waals surface area contributed by atoms with Crippen LogP contribution in [0.15, 0.2) is 36.5 Å². The minimum atomic E-state index is -3.43. The largest absolute Gasteiger partial charge is 0.325 e. The Morgan fingerprint density at radius 2 is 2.04 bits per heavy atom. The van der Waals surface area contributed by atoms with Gasteiger partial charge in [-0.15, -0.1) is 0 Å². The lowest BCUT2D eigenvalue weighted by atomic mass is 10.2. The number of carbonyl (C=O) groups is 1. The second-order valence-electron chi connectivity index (χ2n) is 5.60. The average Bonchev–Trinajstić information content (AvgIpc) is 2.54. The first-order valence-corrected chi connectivity index (χ1v) is 9.47. The predicted octanol–water partition coefficient (Wildman–Crippen LogP) is 2.60. The van der Waals surface area contributed by atoms with Crippen LogP contribution in [0, 0.1) is 6.92 Å². The van der Waals surface area contributed by atoms with E-state index in [-0.39, 0.29) is 5.75 Å². The summed E-state index contributed by atoms with van der Waals surface area (Å²) >= 11 is 0. The molecule has 128 valence electrons. The molecule has 0 bridgehead atoms. The molecule has 0 fully saturated rings. The fourth-order valence-corrected chi connectivity index (χ4v) is 3.50. The number of hydrogen-bond donors (Lipinski definition) is 1. The van der Waals surface area contributed by atoms with Gasteiger partial charge in [-0.1, -0.05) is 19.1 Å². The van der Waals surface area contributed by atoms with Crippen molar-refractivity contribution < 1.29 is 13.2 Å². The Labute approximate surface area is 142 Å². The number of amides is 1. The van der Waals surface area contributed by atoms with Crippen LogP contribution < -0.4 is 5.32 Å². The van der Waals surface area contributed by atoms with Crippen LogP contribution >= 0.6 is 0 Å². The number of anilines is 1. The highest BCUT2D eigenvalue weighted by Crippen LogP contribution is 2.20. The van der Waals surface area contributed by atoms with Crippen molar-refractivity contribution >= 4 is 21.4 Å². The lowest BCUT2D eigenvalue weighted by Gasteiger charge is -2.13. The molecule has 0 aliphatic carbocycles. The van der Waals surface area contributed by atoms with Crippen molar-refractivity contribution in [1.82, 2.24) is 9.97 Å². The number of rotatable bonds is 6. The van der Waals surface area contributed by atoms with Gasteiger partial charge in [-0.05, 0) is 38.5 Å². The molecule has 0 aliphatic rings. The Hall–Kier alpha value is -2.28. The number of nitrogens with one attached hydrogen (secondary N) is 1. The van der Waals surface area contributed by atoms with Crippen molar-refractivity contribution in [2.45, 2.75) is 32.4 Å². The van der Waals surface area contributed by atoms with E-state index in [1.165, 1.54) is 6.92 Å². The molecule has 0 saturated carbocycles. The fraction of sp³-hybridized carbons (Fsp3) is 0.353. The topological polar surface area (TPSA) is 89.0 Å². The fourth-order valence-electron chi connectivity index (χ4n) is 2.19. The second kappa shape index (κ2) is 7.53. The first kappa shape index (κ1) is 18.1. The van der Waals surface area contributed by atoms with E-state index in [1.54, 1.807) is 37.4 Å². The number of sulfone groups is 1. The van der Waals surface area contributed by atoms with Crippen molar-refractivity contribution in [3.05, 3.63) is 42.2 Å². The smallest absolute Gasteiger partial charge is 0.242 e. The Bertz CT molecular complexity index is 834. The molecule has 0 saturated heterocycles. The van der Waals surface area contributed by atoms with Crippen LogP contribution in [0.4, 0.5) is 5.69 Å². The molecule has 1 aromatic carbocycles. The molecule has 1 amide bonds. The van der Waals surface area contributed by atoms with Crippen LogP contribution in [0.25, 0.3) is 11.4 Å². The highest BCUT2D eigenvalue weighted by Gasteiger charge is 2.27. The van der Waals surface area contributed by atoms with E-state index in [2.05, 4.69) is 15.3 Å². The summed E-state index contributed by atoms with van der Waals surface area (Å²) in [5.74, 6) is 0.0159. The number of benzene rings is 1. The zero-order chi connectivity index (χ0) is 17.7. The maximum atomic E-state index is 12.2. The Kier molecular flexibility index (Phi) is 5.66. The first-order valence-electron chi connectivity index (χ1n) is 7.76. The highest BCUT2D eigenvalue weighted by atomic mass is 32.2. The van der Waals surface area contributed by atoms with E-state index >= 15 is 0 Å². The molecule has 1 unspecified atom stereocenters. The van der Waals surface area contributed by atoms with Gasteiger partial charge < -0.3 is 5.32 Å². The van der Waals surface area contributed by atoms with E-state index in [4.69, 9.17) is 0 Å². The molecule has 1 atom stereocenters. The number of aromatic nitrogens is 2. The molecule has 1 N–H and O–H groups in total. The molecule has 1 aromatic heterocycles. The minimum absolute atomic E-state index is 0.00123. The molecule has 6 nitrogen and oxygen atoms in total. The zero-order valence-corrected chi connectivity index (χ0v) is 14.8. The number of hydrogen-bond acceptors (Lipinski definition) is 5. The van der Waals surface area contributed by atoms with Gasteiger partial charge in [0, 0.05) is 23.1 Å². The molecule has 7 heteroatoms. The van der Waals surface area contributed by atoms with Crippen molar-refractivity contribution in [2.24, 2.45) is 0 Å². The number of aryl methyl sites for hydroxylation is 1. The monoisotopic (exact) mass is 347 g/mol. The average molecular weight is 347 g/mol. The third-order valence-electron chi connectivity index (χ3n) is 3.58. The zero-order valence-electron chi connectivity index (χ0n) is 14.0. The lowest BCUT2D eigenvalue weighted by molar-refractivity contribution is -0.115. The van der Waals surface area contributed by atoms with Gasteiger partial charge in [-0.3, -0.25) is 4.79 Å². The van der Waals surface area contributed by atoms with Gasteiger partial charge in [-0.2, -0.15) is 0 Å². The molecule has 0 radical (unpaired) electrons. The Morgan fingerprint density at radius 1 is 1.29 bits per heavy atom. The van der Waals surface area contributed by atoms with E-state index in [1.807, 2.05) is 13.0 Å². The summed E-state index contributed by atoms with van der Waals surface area (Å²) in [6.07, 6.45) is 2.16. The lowest BCUT2D eigenvalue weighted by Crippen LogP contribution is -2.34. The normalized spacial score (nSPS) is 12.6. The molecule has 2 rings (SSSR count). The maximum Gasteiger partial charge on any atom is 0.242 e. The van der Waals surface area contributed by atoms with E-state index in [9.17, 15) is 13.2 Å². The Morgan fingerprint density at radius 3 is 2.71 bits per heavy atom. The summed E-state index contributed by atoms with van der Waals surface area (Å²) < 4.78 is 24.0. The van der Waals surface area contributed by atoms with Crippen LogP contribution in [0.1, 0.15) is 26.0 Å². The second-order valence-corrected chi connectivity index (χ2v) is 8.04. The molecule has 24 heavy (non-hydrogen) atoms. The van der Waals surface area contributed by atoms with E-state index < -0.39 is 21.0 Å². The summed E-state index contributed by atoms with van der Waals surface area (Å²) in [6.45, 7) is 5.05. The highest BCUT2D eigenvalue weighted by molar-refractivity contribution is 7.92. The summed E-state index contributed by atoms with van der Waals surface area (Å²) in [6, 6.07) is 8.83. The third kappa shape index (κ3) is 4.38. The molecule has 0 spiro atoms. The maximum absolute atomic E-state index is 12.2. The molecule has 2 aromatic rings. The van der Waals surface area contributed by atoms with Crippen LogP contribution in [0.5, 0.6) is 0 Å². The van der Waals surface area contributed by atoms with Gasteiger partial charge in [0.25, 0.3) is 0 Å². The van der Waals surface area contributed by atoms with Crippen LogP contribution in [0.3, 0.4) is 0 Å². The number of nitrogens with zero attached hydrogens (tertiary/aromatic N) is 2. The standard InChI is InChI=1S/C17H21N3O3S/c1-4-10-24(22,23)13(3)17(21)20-15-7-5-6-14(11-15)16-18-9-8-12(2)19-16/h5-9,11,13H,4,10H2,1-3H3,(H,20,21). The van der Waals surface area contributed by atoms with Crippen molar-refractivity contribution in [1.29, 1.82) is 0 Å². The third-order valence-corrected chi connectivity index (χ3v) is 5.85. The van der Waals surface area contributed by atoms with Gasteiger partial charge in [0.1, 0.15) is 5.25 Å². The van der Waals surface area contributed by atoms with E-state index in [0.717, 1.165) is 11.3 Å². The van der Waals surface area contributed by atoms with Crippen molar-refractivity contribution in [2.75, 3.05) is 11.1 Å². The summed E-state index contributed by atoms with van der Waals surface area (Å²) in [4.78, 5) is 20.8. The van der Waals surface area contributed by atoms with Crippen molar-refractivity contribution in [3.8, 4) is 11.4 Å². The molecular weight excluding hydrogens is 326 g/mol. The summed E-state index contributed by atoms with van der Waals surface area (Å²) in [5.41, 5.74) is 2.11. The molecule has 0 aliphatic heterocycles. The van der Waals surface area contributed by atoms with Crippen LogP contribution in [0.2, 0.25) is 0 Å². The van der Waals surface area contributed by atoms with E-state index in [0.29, 0.717) is 17.9 Å². The predicted molar refractivity (Wildman–Crippen MR) is 94.4 cm³/mol. The quantitative estimate of drug-likeness (QED) is 0.867. The van der Waals surface area contributed by atoms with Gasteiger partial charge in [0.2, 0.25) is 5.91 Å². The molecule has 1 heterocycles. The minimum Gasteiger partial charge on any atom is -0.325 e. The Balaban J connectivity index is 2.19. The van der Waals surface area contributed by atoms with Gasteiger partial charge in [-0.25, -0.2) is 18.4 Å². The van der Waals surface area contributed by atoms with Gasteiger partial charge in [0.05, 0.1) is 5.75 Å². The summed E-state index contributed by atoms with van der Waals surface area (Å²) in [5, 5.41) is 1.57. The first-order chi connectivity index (χ1) is 11.3.